The lowest BCUT2D eigenvalue weighted by molar-refractivity contribution is -0.138. The van der Waals surface area contributed by atoms with Crippen LogP contribution in [0.25, 0.3) is 0 Å². The molecule has 1 aliphatic carbocycles. The van der Waals surface area contributed by atoms with Crippen LogP contribution in [0.3, 0.4) is 0 Å². The van der Waals surface area contributed by atoms with E-state index >= 15 is 0 Å². The molecule has 1 unspecified atom stereocenters. The molecule has 0 saturated heterocycles. The molecule has 1 amide bonds. The highest BCUT2D eigenvalue weighted by Crippen LogP contribution is 2.42. The van der Waals surface area contributed by atoms with Crippen LogP contribution >= 0.6 is 15.9 Å². The van der Waals surface area contributed by atoms with Crippen LogP contribution in [-0.2, 0) is 9.53 Å². The number of hydrogen-bond donors (Lipinski definition) is 1. The monoisotopic (exact) mass is 328 g/mol. The third-order valence-electron chi connectivity index (χ3n) is 3.51. The lowest BCUT2D eigenvalue weighted by Crippen LogP contribution is -2.44. The summed E-state index contributed by atoms with van der Waals surface area (Å²) in [6.45, 7) is 1.82. The van der Waals surface area contributed by atoms with Crippen molar-refractivity contribution in [3.05, 3.63) is 16.7 Å². The number of aromatic nitrogens is 1. The Kier molecular flexibility index (Phi) is 4.10. The maximum atomic E-state index is 12.3. The first kappa shape index (κ1) is 14.3. The van der Waals surface area contributed by atoms with Gasteiger partial charge in [-0.2, -0.15) is 0 Å². The first-order chi connectivity index (χ1) is 9.01. The number of carbonyl (C=O) groups excluding carboxylic acids is 1. The van der Waals surface area contributed by atoms with Crippen LogP contribution in [0.4, 0.5) is 5.82 Å². The summed E-state index contributed by atoms with van der Waals surface area (Å²) in [5.74, 6) is 1.19. The van der Waals surface area contributed by atoms with E-state index in [-0.39, 0.29) is 11.8 Å². The lowest BCUT2D eigenvalue weighted by atomic mass is 9.99. The van der Waals surface area contributed by atoms with Gasteiger partial charge in [-0.25, -0.2) is 4.98 Å². The summed E-state index contributed by atoms with van der Waals surface area (Å²) in [7, 11) is 3.13. The Morgan fingerprint density at radius 1 is 1.53 bits per heavy atom. The molecule has 19 heavy (non-hydrogen) atoms. The Labute approximate surface area is 120 Å². The number of anilines is 1. The zero-order valence-corrected chi connectivity index (χ0v) is 12.8. The molecule has 1 N–H and O–H groups in total. The molecule has 0 aliphatic heterocycles. The number of carbonyl (C=O) groups is 1. The Hall–Kier alpha value is -1.14. The second-order valence-electron chi connectivity index (χ2n) is 4.74. The number of methoxy groups -OCH3 is 2. The van der Waals surface area contributed by atoms with Crippen molar-refractivity contribution in [1.29, 1.82) is 0 Å². The molecule has 1 saturated carbocycles. The van der Waals surface area contributed by atoms with Crippen LogP contribution < -0.4 is 10.1 Å². The Morgan fingerprint density at radius 3 is 2.74 bits per heavy atom. The SMILES string of the molecule is COc1cc(NC(=O)C(C)(OC)C2CC2)ncc1Br. The minimum Gasteiger partial charge on any atom is -0.495 e. The summed E-state index contributed by atoms with van der Waals surface area (Å²) in [4.78, 5) is 16.4. The Morgan fingerprint density at radius 2 is 2.21 bits per heavy atom. The van der Waals surface area contributed by atoms with Crippen molar-refractivity contribution in [2.75, 3.05) is 19.5 Å². The molecule has 0 aromatic carbocycles. The second kappa shape index (κ2) is 5.46. The fourth-order valence-corrected chi connectivity index (χ4v) is 2.34. The highest BCUT2D eigenvalue weighted by atomic mass is 79.9. The zero-order chi connectivity index (χ0) is 14.0. The highest BCUT2D eigenvalue weighted by molar-refractivity contribution is 9.10. The highest BCUT2D eigenvalue weighted by Gasteiger charge is 2.47. The number of nitrogens with zero attached hydrogens (tertiary/aromatic N) is 1. The minimum absolute atomic E-state index is 0.172. The van der Waals surface area contributed by atoms with Gasteiger partial charge in [0, 0.05) is 19.4 Å². The molecule has 104 valence electrons. The minimum atomic E-state index is -0.790. The second-order valence-corrected chi connectivity index (χ2v) is 5.60. The van der Waals surface area contributed by atoms with E-state index in [1.807, 2.05) is 6.92 Å². The van der Waals surface area contributed by atoms with E-state index < -0.39 is 5.60 Å². The molecule has 0 bridgehead atoms. The topological polar surface area (TPSA) is 60.5 Å². The number of rotatable bonds is 5. The van der Waals surface area contributed by atoms with E-state index in [1.165, 1.54) is 0 Å². The number of hydrogen-bond acceptors (Lipinski definition) is 4. The third kappa shape index (κ3) is 2.90. The normalized spacial score (nSPS) is 17.7. The predicted octanol–water partition coefficient (Wildman–Crippen LogP) is 2.61. The van der Waals surface area contributed by atoms with Crippen LogP contribution in [0.1, 0.15) is 19.8 Å². The molecule has 5 nitrogen and oxygen atoms in total. The van der Waals surface area contributed by atoms with E-state index in [0.29, 0.717) is 11.6 Å². The van der Waals surface area contributed by atoms with Gasteiger partial charge in [0.15, 0.2) is 0 Å². The van der Waals surface area contributed by atoms with Crippen molar-refractivity contribution in [3.63, 3.8) is 0 Å². The van der Waals surface area contributed by atoms with Gasteiger partial charge in [0.2, 0.25) is 0 Å². The number of halogens is 1. The van der Waals surface area contributed by atoms with Crippen LogP contribution in [0, 0.1) is 5.92 Å². The van der Waals surface area contributed by atoms with Crippen LogP contribution in [0.2, 0.25) is 0 Å². The molecule has 1 aliphatic rings. The van der Waals surface area contributed by atoms with E-state index in [4.69, 9.17) is 9.47 Å². The molecule has 0 radical (unpaired) electrons. The Balaban J connectivity index is 2.14. The molecule has 2 rings (SSSR count). The van der Waals surface area contributed by atoms with Gasteiger partial charge in [0.05, 0.1) is 11.6 Å². The smallest absolute Gasteiger partial charge is 0.257 e. The summed E-state index contributed by atoms with van der Waals surface area (Å²) in [5.41, 5.74) is -0.790. The summed E-state index contributed by atoms with van der Waals surface area (Å²) in [6, 6.07) is 1.67. The van der Waals surface area contributed by atoms with E-state index in [2.05, 4.69) is 26.2 Å². The van der Waals surface area contributed by atoms with Gasteiger partial charge in [0.25, 0.3) is 5.91 Å². The van der Waals surface area contributed by atoms with Crippen molar-refractivity contribution in [3.8, 4) is 5.75 Å². The van der Waals surface area contributed by atoms with Crippen LogP contribution in [0.5, 0.6) is 5.75 Å². The number of ether oxygens (including phenoxy) is 2. The molecule has 1 atom stereocenters. The van der Waals surface area contributed by atoms with Gasteiger partial charge >= 0.3 is 0 Å². The van der Waals surface area contributed by atoms with Gasteiger partial charge in [-0.1, -0.05) is 0 Å². The summed E-state index contributed by atoms with van der Waals surface area (Å²) >= 11 is 3.32. The molecule has 1 aromatic heterocycles. The summed E-state index contributed by atoms with van der Waals surface area (Å²) < 4.78 is 11.3. The van der Waals surface area contributed by atoms with Gasteiger partial charge < -0.3 is 14.8 Å². The van der Waals surface area contributed by atoms with Crippen molar-refractivity contribution < 1.29 is 14.3 Å². The van der Waals surface area contributed by atoms with E-state index in [9.17, 15) is 4.79 Å². The maximum absolute atomic E-state index is 12.3. The van der Waals surface area contributed by atoms with Crippen molar-refractivity contribution in [2.24, 2.45) is 5.92 Å². The van der Waals surface area contributed by atoms with Gasteiger partial charge in [0.1, 0.15) is 17.2 Å². The van der Waals surface area contributed by atoms with Crippen molar-refractivity contribution in [2.45, 2.75) is 25.4 Å². The largest absolute Gasteiger partial charge is 0.495 e. The molecule has 1 fully saturated rings. The zero-order valence-electron chi connectivity index (χ0n) is 11.2. The molecule has 1 aromatic rings. The van der Waals surface area contributed by atoms with Gasteiger partial charge in [-0.15, -0.1) is 0 Å². The number of nitrogens with one attached hydrogen (secondary N) is 1. The lowest BCUT2D eigenvalue weighted by Gasteiger charge is -2.26. The van der Waals surface area contributed by atoms with Crippen molar-refractivity contribution >= 4 is 27.7 Å². The van der Waals surface area contributed by atoms with Gasteiger partial charge in [-0.05, 0) is 41.6 Å². The fourth-order valence-electron chi connectivity index (χ4n) is 1.96. The first-order valence-corrected chi connectivity index (χ1v) is 6.86. The standard InChI is InChI=1S/C13H17BrN2O3/c1-13(19-3,8-4-5-8)12(17)16-11-6-10(18-2)9(14)7-15-11/h6-8H,4-5H2,1-3H3,(H,15,16,17). The number of pyridine rings is 1. The molecule has 6 heteroatoms. The average molecular weight is 329 g/mol. The predicted molar refractivity (Wildman–Crippen MR) is 75.3 cm³/mol. The molecule has 0 spiro atoms. The van der Waals surface area contributed by atoms with Gasteiger partial charge in [-0.3, -0.25) is 4.79 Å². The third-order valence-corrected chi connectivity index (χ3v) is 4.11. The maximum Gasteiger partial charge on any atom is 0.257 e. The summed E-state index contributed by atoms with van der Waals surface area (Å²) in [6.07, 6.45) is 3.64. The average Bonchev–Trinajstić information content (AvgIpc) is 3.24. The fraction of sp³-hybridized carbons (Fsp3) is 0.538. The molecular weight excluding hydrogens is 312 g/mol. The van der Waals surface area contributed by atoms with E-state index in [0.717, 1.165) is 17.3 Å². The van der Waals surface area contributed by atoms with Crippen LogP contribution in [-0.4, -0.2) is 30.7 Å². The van der Waals surface area contributed by atoms with Crippen LogP contribution in [0.15, 0.2) is 16.7 Å². The molecule has 1 heterocycles. The number of amides is 1. The quantitative estimate of drug-likeness (QED) is 0.902. The summed E-state index contributed by atoms with van der Waals surface area (Å²) in [5, 5.41) is 2.78. The Bertz CT molecular complexity index is 491. The first-order valence-electron chi connectivity index (χ1n) is 6.07. The molecular formula is C13H17BrN2O3. The van der Waals surface area contributed by atoms with E-state index in [1.54, 1.807) is 26.5 Å². The van der Waals surface area contributed by atoms with Crippen molar-refractivity contribution in [1.82, 2.24) is 4.98 Å².